The molecule has 3 aromatic rings. The first-order valence-electron chi connectivity index (χ1n) is 6.50. The predicted molar refractivity (Wildman–Crippen MR) is 82.7 cm³/mol. The van der Waals surface area contributed by atoms with Crippen LogP contribution in [-0.2, 0) is 6.61 Å². The number of hydrogen-bond donors (Lipinski definition) is 0. The lowest BCUT2D eigenvalue weighted by atomic mass is 10.2. The van der Waals surface area contributed by atoms with Crippen molar-refractivity contribution in [3.05, 3.63) is 71.9 Å². The van der Waals surface area contributed by atoms with Crippen LogP contribution in [0, 0.1) is 0 Å². The molecule has 0 atom stereocenters. The fourth-order valence-electron chi connectivity index (χ4n) is 2.03. The standard InChI is InChI=1S/C17H12ClNO2/c18-17(20)13-6-9-15(10-7-13)21-11-14-8-5-12-3-1-2-4-16(12)19-14/h1-10H,11H2. The topological polar surface area (TPSA) is 39.2 Å². The molecule has 104 valence electrons. The van der Waals surface area contributed by atoms with Crippen molar-refractivity contribution in [2.45, 2.75) is 6.61 Å². The van der Waals surface area contributed by atoms with E-state index in [2.05, 4.69) is 4.98 Å². The molecule has 0 spiro atoms. The number of rotatable bonds is 4. The number of pyridine rings is 1. The van der Waals surface area contributed by atoms with Crippen molar-refractivity contribution in [1.82, 2.24) is 4.98 Å². The first-order chi connectivity index (χ1) is 10.2. The summed E-state index contributed by atoms with van der Waals surface area (Å²) < 4.78 is 5.66. The third kappa shape index (κ3) is 3.20. The van der Waals surface area contributed by atoms with Gasteiger partial charge in [-0.1, -0.05) is 24.3 Å². The van der Waals surface area contributed by atoms with E-state index < -0.39 is 5.24 Å². The zero-order valence-electron chi connectivity index (χ0n) is 11.1. The molecule has 0 aliphatic heterocycles. The molecule has 0 fully saturated rings. The van der Waals surface area contributed by atoms with Crippen molar-refractivity contribution in [1.29, 1.82) is 0 Å². The molecule has 0 N–H and O–H groups in total. The largest absolute Gasteiger partial charge is 0.487 e. The fourth-order valence-corrected chi connectivity index (χ4v) is 2.15. The number of ether oxygens (including phenoxy) is 1. The van der Waals surface area contributed by atoms with Gasteiger partial charge < -0.3 is 4.74 Å². The number of carbonyl (C=O) groups is 1. The molecule has 1 aromatic heterocycles. The van der Waals surface area contributed by atoms with E-state index in [0.717, 1.165) is 16.6 Å². The number of nitrogens with zero attached hydrogens (tertiary/aromatic N) is 1. The van der Waals surface area contributed by atoms with Gasteiger partial charge in [0, 0.05) is 10.9 Å². The van der Waals surface area contributed by atoms with Gasteiger partial charge in [-0.2, -0.15) is 0 Å². The Morgan fingerprint density at radius 3 is 2.52 bits per heavy atom. The fraction of sp³-hybridized carbons (Fsp3) is 0.0588. The zero-order chi connectivity index (χ0) is 14.7. The summed E-state index contributed by atoms with van der Waals surface area (Å²) in [6, 6.07) is 18.6. The summed E-state index contributed by atoms with van der Waals surface area (Å²) in [5.74, 6) is 0.673. The maximum atomic E-state index is 11.0. The van der Waals surface area contributed by atoms with E-state index in [9.17, 15) is 4.79 Å². The lowest BCUT2D eigenvalue weighted by molar-refractivity contribution is 0.108. The Kier molecular flexibility index (Phi) is 3.84. The van der Waals surface area contributed by atoms with Crippen molar-refractivity contribution >= 4 is 27.7 Å². The number of benzene rings is 2. The molecular formula is C17H12ClNO2. The van der Waals surface area contributed by atoms with E-state index in [4.69, 9.17) is 16.3 Å². The number of aromatic nitrogens is 1. The molecule has 0 saturated carbocycles. The second-order valence-corrected chi connectivity index (χ2v) is 4.93. The average molecular weight is 298 g/mol. The number of para-hydroxylation sites is 1. The summed E-state index contributed by atoms with van der Waals surface area (Å²) in [6.07, 6.45) is 0. The maximum Gasteiger partial charge on any atom is 0.252 e. The highest BCUT2D eigenvalue weighted by Crippen LogP contribution is 2.16. The van der Waals surface area contributed by atoms with Gasteiger partial charge in [0.05, 0.1) is 11.2 Å². The first kappa shape index (κ1) is 13.6. The van der Waals surface area contributed by atoms with Gasteiger partial charge in [0.1, 0.15) is 12.4 Å². The molecule has 21 heavy (non-hydrogen) atoms. The van der Waals surface area contributed by atoms with Crippen LogP contribution in [0.4, 0.5) is 0 Å². The van der Waals surface area contributed by atoms with Crippen LogP contribution in [-0.4, -0.2) is 10.2 Å². The molecule has 0 aliphatic carbocycles. The van der Waals surface area contributed by atoms with Gasteiger partial charge in [0.25, 0.3) is 5.24 Å². The third-order valence-corrected chi connectivity index (χ3v) is 3.34. The van der Waals surface area contributed by atoms with Gasteiger partial charge in [-0.3, -0.25) is 4.79 Å². The molecule has 0 saturated heterocycles. The van der Waals surface area contributed by atoms with Crippen molar-refractivity contribution in [3.8, 4) is 5.75 Å². The average Bonchev–Trinajstić information content (AvgIpc) is 2.53. The van der Waals surface area contributed by atoms with Gasteiger partial charge in [0.15, 0.2) is 0 Å². The lowest BCUT2D eigenvalue weighted by Crippen LogP contribution is -1.98. The van der Waals surface area contributed by atoms with Crippen LogP contribution in [0.2, 0.25) is 0 Å². The molecule has 0 unspecified atom stereocenters. The van der Waals surface area contributed by atoms with Crippen LogP contribution in [0.25, 0.3) is 10.9 Å². The molecular weight excluding hydrogens is 286 g/mol. The summed E-state index contributed by atoms with van der Waals surface area (Å²) in [6.45, 7) is 0.374. The van der Waals surface area contributed by atoms with Crippen molar-refractivity contribution in [2.24, 2.45) is 0 Å². The van der Waals surface area contributed by atoms with Gasteiger partial charge in [-0.15, -0.1) is 0 Å². The van der Waals surface area contributed by atoms with Crippen molar-refractivity contribution in [3.63, 3.8) is 0 Å². The molecule has 3 nitrogen and oxygen atoms in total. The van der Waals surface area contributed by atoms with E-state index >= 15 is 0 Å². The number of halogens is 1. The molecule has 0 amide bonds. The first-order valence-corrected chi connectivity index (χ1v) is 6.87. The predicted octanol–water partition coefficient (Wildman–Crippen LogP) is 4.19. The van der Waals surface area contributed by atoms with Crippen molar-refractivity contribution < 1.29 is 9.53 Å². The van der Waals surface area contributed by atoms with E-state index in [0.29, 0.717) is 17.9 Å². The highest BCUT2D eigenvalue weighted by atomic mass is 35.5. The highest BCUT2D eigenvalue weighted by Gasteiger charge is 2.03. The summed E-state index contributed by atoms with van der Waals surface area (Å²) in [7, 11) is 0. The second kappa shape index (κ2) is 5.94. The normalized spacial score (nSPS) is 10.5. The van der Waals surface area contributed by atoms with Gasteiger partial charge >= 0.3 is 0 Å². The zero-order valence-corrected chi connectivity index (χ0v) is 11.9. The second-order valence-electron chi connectivity index (χ2n) is 4.58. The Balaban J connectivity index is 1.72. The maximum absolute atomic E-state index is 11.0. The molecule has 1 heterocycles. The van der Waals surface area contributed by atoms with E-state index in [1.165, 1.54) is 0 Å². The number of hydrogen-bond acceptors (Lipinski definition) is 3. The van der Waals surface area contributed by atoms with Crippen LogP contribution in [0.15, 0.2) is 60.7 Å². The van der Waals surface area contributed by atoms with Crippen LogP contribution in [0.5, 0.6) is 5.75 Å². The third-order valence-electron chi connectivity index (χ3n) is 3.12. The molecule has 0 aliphatic rings. The van der Waals surface area contributed by atoms with Gasteiger partial charge in [-0.05, 0) is 48.0 Å². The number of carbonyl (C=O) groups excluding carboxylic acids is 1. The van der Waals surface area contributed by atoms with Crippen LogP contribution >= 0.6 is 11.6 Å². The summed E-state index contributed by atoms with van der Waals surface area (Å²) in [5, 5.41) is 0.629. The minimum atomic E-state index is -0.474. The van der Waals surface area contributed by atoms with Crippen LogP contribution in [0.3, 0.4) is 0 Å². The minimum Gasteiger partial charge on any atom is -0.487 e. The monoisotopic (exact) mass is 297 g/mol. The van der Waals surface area contributed by atoms with E-state index in [1.807, 2.05) is 36.4 Å². The summed E-state index contributed by atoms with van der Waals surface area (Å²) in [4.78, 5) is 15.5. The molecule has 2 aromatic carbocycles. The Morgan fingerprint density at radius 1 is 1.00 bits per heavy atom. The Labute approximate surface area is 127 Å². The highest BCUT2D eigenvalue weighted by molar-refractivity contribution is 6.67. The summed E-state index contributed by atoms with van der Waals surface area (Å²) in [5.41, 5.74) is 2.25. The van der Waals surface area contributed by atoms with Crippen LogP contribution in [0.1, 0.15) is 16.1 Å². The molecule has 4 heteroatoms. The van der Waals surface area contributed by atoms with Gasteiger partial charge in [0.2, 0.25) is 0 Å². The SMILES string of the molecule is O=C(Cl)c1ccc(OCc2ccc3ccccc3n2)cc1. The molecule has 0 bridgehead atoms. The number of fused-ring (bicyclic) bond motifs is 1. The minimum absolute atomic E-state index is 0.374. The Bertz CT molecular complexity index is 784. The quantitative estimate of drug-likeness (QED) is 0.678. The lowest BCUT2D eigenvalue weighted by Gasteiger charge is -2.07. The Hall–Kier alpha value is -2.39. The van der Waals surface area contributed by atoms with E-state index in [-0.39, 0.29) is 0 Å². The van der Waals surface area contributed by atoms with Crippen LogP contribution < -0.4 is 4.74 Å². The molecule has 0 radical (unpaired) electrons. The van der Waals surface area contributed by atoms with E-state index in [1.54, 1.807) is 24.3 Å². The van der Waals surface area contributed by atoms with Crippen molar-refractivity contribution in [2.75, 3.05) is 0 Å². The Morgan fingerprint density at radius 2 is 1.76 bits per heavy atom. The smallest absolute Gasteiger partial charge is 0.252 e. The molecule has 3 rings (SSSR count). The summed E-state index contributed by atoms with van der Waals surface area (Å²) >= 11 is 5.39. The van der Waals surface area contributed by atoms with Gasteiger partial charge in [-0.25, -0.2) is 4.98 Å².